The highest BCUT2D eigenvalue weighted by molar-refractivity contribution is 5.97. The Labute approximate surface area is 230 Å². The summed E-state index contributed by atoms with van der Waals surface area (Å²) in [5.41, 5.74) is -0.925. The highest BCUT2D eigenvalue weighted by Gasteiger charge is 2.84. The minimum atomic E-state index is -7.29. The second kappa shape index (κ2) is 12.2. The highest BCUT2D eigenvalue weighted by atomic mass is 19.4. The first-order valence-electron chi connectivity index (χ1n) is 12.6. The van der Waals surface area contributed by atoms with Crippen LogP contribution in [0.4, 0.5) is 44.3 Å². The molecule has 0 aliphatic carbocycles. The quantitative estimate of drug-likeness (QED) is 0.347. The molecule has 0 aromatic heterocycles. The lowest BCUT2D eigenvalue weighted by molar-refractivity contribution is -0.388. The summed E-state index contributed by atoms with van der Waals surface area (Å²) in [5.74, 6) is -28.3. The van der Waals surface area contributed by atoms with Crippen molar-refractivity contribution in [3.63, 3.8) is 0 Å². The summed E-state index contributed by atoms with van der Waals surface area (Å²) in [6.45, 7) is 9.63. The number of likely N-dealkylation sites (tertiary alicyclic amines) is 1. The van der Waals surface area contributed by atoms with Gasteiger partial charge in [-0.25, -0.2) is 4.79 Å². The van der Waals surface area contributed by atoms with E-state index in [1.54, 1.807) is 39.9 Å². The molecule has 3 amide bonds. The van der Waals surface area contributed by atoms with Gasteiger partial charge in [0.05, 0.1) is 6.04 Å². The first kappa shape index (κ1) is 36.3. The van der Waals surface area contributed by atoms with E-state index in [4.69, 9.17) is 4.74 Å². The molecule has 41 heavy (non-hydrogen) atoms. The van der Waals surface area contributed by atoms with Gasteiger partial charge in [0.1, 0.15) is 17.7 Å². The van der Waals surface area contributed by atoms with Crippen molar-refractivity contribution in [2.24, 2.45) is 11.8 Å². The van der Waals surface area contributed by atoms with Gasteiger partial charge >= 0.3 is 30.0 Å². The number of nitrogens with one attached hydrogen (secondary N) is 2. The molecule has 238 valence electrons. The molecule has 0 spiro atoms. The van der Waals surface area contributed by atoms with Crippen LogP contribution >= 0.6 is 0 Å². The molecule has 1 aliphatic rings. The first-order chi connectivity index (χ1) is 18.2. The van der Waals surface area contributed by atoms with Gasteiger partial charge in [-0.05, 0) is 45.4 Å². The Morgan fingerprint density at radius 2 is 1.27 bits per heavy atom. The standard InChI is InChI=1S/C24H34F9N3O5/c1-11(2)14(16(37)21(25,26)22(27,28)23(29,30)24(31,32)33)34-17(38)13-9-8-10-36(13)18(39)15(12(3)4)35-19(40)41-20(5,6)7/h11-15H,8-10H2,1-7H3,(H,34,38)(H,35,40)/t13-,14?,15-/m0/s1. The van der Waals surface area contributed by atoms with E-state index < -0.39 is 83.2 Å². The second-order valence-corrected chi connectivity index (χ2v) is 11.4. The van der Waals surface area contributed by atoms with Crippen LogP contribution in [0.2, 0.25) is 0 Å². The number of ether oxygens (including phenoxy) is 1. The number of ketones is 1. The van der Waals surface area contributed by atoms with E-state index in [9.17, 15) is 58.7 Å². The lowest BCUT2D eigenvalue weighted by atomic mass is 9.90. The van der Waals surface area contributed by atoms with Crippen molar-refractivity contribution in [3.8, 4) is 0 Å². The molecular formula is C24H34F9N3O5. The van der Waals surface area contributed by atoms with Crippen molar-refractivity contribution in [1.29, 1.82) is 0 Å². The Morgan fingerprint density at radius 1 is 0.780 bits per heavy atom. The van der Waals surface area contributed by atoms with Gasteiger partial charge in [-0.1, -0.05) is 27.7 Å². The lowest BCUT2D eigenvalue weighted by Gasteiger charge is -2.36. The fourth-order valence-corrected chi connectivity index (χ4v) is 3.94. The molecule has 1 unspecified atom stereocenters. The number of amides is 3. The fraction of sp³-hybridized carbons (Fsp3) is 0.833. The first-order valence-corrected chi connectivity index (χ1v) is 12.6. The van der Waals surface area contributed by atoms with Gasteiger partial charge in [-0.15, -0.1) is 0 Å². The van der Waals surface area contributed by atoms with E-state index in [1.165, 1.54) is 0 Å². The smallest absolute Gasteiger partial charge is 0.444 e. The van der Waals surface area contributed by atoms with E-state index >= 15 is 0 Å². The van der Waals surface area contributed by atoms with Crippen molar-refractivity contribution in [1.82, 2.24) is 15.5 Å². The molecule has 1 aliphatic heterocycles. The average molecular weight is 616 g/mol. The van der Waals surface area contributed by atoms with Gasteiger partial charge in [-0.3, -0.25) is 14.4 Å². The highest BCUT2D eigenvalue weighted by Crippen LogP contribution is 2.53. The maximum Gasteiger partial charge on any atom is 0.460 e. The monoisotopic (exact) mass is 615 g/mol. The van der Waals surface area contributed by atoms with E-state index in [0.29, 0.717) is 0 Å². The summed E-state index contributed by atoms with van der Waals surface area (Å²) in [7, 11) is 0. The number of hydrogen-bond donors (Lipinski definition) is 2. The molecule has 0 aromatic carbocycles. The Morgan fingerprint density at radius 3 is 1.68 bits per heavy atom. The molecule has 0 saturated carbocycles. The van der Waals surface area contributed by atoms with Crippen LogP contribution in [0.15, 0.2) is 0 Å². The van der Waals surface area contributed by atoms with Gasteiger partial charge in [0.15, 0.2) is 0 Å². The number of rotatable bonds is 10. The van der Waals surface area contributed by atoms with Crippen molar-refractivity contribution >= 4 is 23.7 Å². The molecule has 0 bridgehead atoms. The summed E-state index contributed by atoms with van der Waals surface area (Å²) >= 11 is 0. The SMILES string of the molecule is CC(C)C(NC(=O)[C@@H]1CCCN1C(=O)[C@@H](NC(=O)OC(C)(C)C)C(C)C)C(=O)C(F)(F)C(F)(F)C(F)(F)C(F)(F)F. The van der Waals surface area contributed by atoms with Crippen molar-refractivity contribution in [2.75, 3.05) is 6.54 Å². The molecule has 8 nitrogen and oxygen atoms in total. The van der Waals surface area contributed by atoms with Crippen molar-refractivity contribution < 1.29 is 63.4 Å². The number of carbonyl (C=O) groups is 4. The predicted molar refractivity (Wildman–Crippen MR) is 125 cm³/mol. The zero-order chi connectivity index (χ0) is 32.5. The second-order valence-electron chi connectivity index (χ2n) is 11.4. The van der Waals surface area contributed by atoms with Crippen LogP contribution < -0.4 is 10.6 Å². The number of alkyl carbamates (subject to hydrolysis) is 1. The zero-order valence-electron chi connectivity index (χ0n) is 23.4. The van der Waals surface area contributed by atoms with E-state index in [0.717, 1.165) is 18.7 Å². The van der Waals surface area contributed by atoms with Crippen LogP contribution in [0, 0.1) is 11.8 Å². The molecule has 1 heterocycles. The fourth-order valence-electron chi connectivity index (χ4n) is 3.94. The molecule has 0 radical (unpaired) electrons. The molecule has 1 fully saturated rings. The van der Waals surface area contributed by atoms with Gasteiger partial charge in [0, 0.05) is 6.54 Å². The number of carbonyl (C=O) groups excluding carboxylic acids is 4. The maximum absolute atomic E-state index is 14.4. The normalized spacial score (nSPS) is 18.8. The number of nitrogens with zero attached hydrogens (tertiary/aromatic N) is 1. The number of Topliss-reactive ketones (excluding diaryl/α,β-unsaturated/α-hetero) is 1. The van der Waals surface area contributed by atoms with Crippen molar-refractivity contribution in [3.05, 3.63) is 0 Å². The molecule has 2 N–H and O–H groups in total. The third-order valence-electron chi connectivity index (χ3n) is 6.14. The minimum absolute atomic E-state index is 0.0809. The summed E-state index contributed by atoms with van der Waals surface area (Å²) in [5, 5.41) is 4.08. The molecule has 1 saturated heterocycles. The van der Waals surface area contributed by atoms with Crippen molar-refractivity contribution in [2.45, 2.75) is 109 Å². The van der Waals surface area contributed by atoms with Gasteiger partial charge in [-0.2, -0.15) is 39.5 Å². The lowest BCUT2D eigenvalue weighted by Crippen LogP contribution is -2.67. The van der Waals surface area contributed by atoms with Gasteiger partial charge in [0.25, 0.3) is 0 Å². The number of hydrogen-bond acceptors (Lipinski definition) is 5. The van der Waals surface area contributed by atoms with E-state index in [2.05, 4.69) is 5.32 Å². The third-order valence-corrected chi connectivity index (χ3v) is 6.14. The topological polar surface area (TPSA) is 105 Å². The average Bonchev–Trinajstić information content (AvgIpc) is 3.27. The van der Waals surface area contributed by atoms with E-state index in [1.807, 2.05) is 0 Å². The van der Waals surface area contributed by atoms with Crippen LogP contribution in [0.3, 0.4) is 0 Å². The van der Waals surface area contributed by atoms with Gasteiger partial charge in [0.2, 0.25) is 17.6 Å². The van der Waals surface area contributed by atoms with E-state index in [-0.39, 0.29) is 19.4 Å². The minimum Gasteiger partial charge on any atom is -0.444 e. The molecule has 0 aromatic rings. The number of halogens is 9. The summed E-state index contributed by atoms with van der Waals surface area (Å²) < 4.78 is 126. The predicted octanol–water partition coefficient (Wildman–Crippen LogP) is 4.70. The van der Waals surface area contributed by atoms with Crippen LogP contribution in [0.25, 0.3) is 0 Å². The molecule has 17 heteroatoms. The molecule has 1 rings (SSSR count). The Bertz CT molecular complexity index is 994. The van der Waals surface area contributed by atoms with Crippen LogP contribution in [0.1, 0.15) is 61.3 Å². The summed E-state index contributed by atoms with van der Waals surface area (Å²) in [4.78, 5) is 51.8. The maximum atomic E-state index is 14.4. The Hall–Kier alpha value is -2.75. The summed E-state index contributed by atoms with van der Waals surface area (Å²) in [6, 6.07) is -5.34. The largest absolute Gasteiger partial charge is 0.460 e. The summed E-state index contributed by atoms with van der Waals surface area (Å²) in [6.07, 6.45) is -8.02. The number of alkyl halides is 9. The third kappa shape index (κ3) is 7.76. The van der Waals surface area contributed by atoms with Crippen LogP contribution in [-0.2, 0) is 19.1 Å². The van der Waals surface area contributed by atoms with Gasteiger partial charge < -0.3 is 20.3 Å². The van der Waals surface area contributed by atoms with Crippen LogP contribution in [0.5, 0.6) is 0 Å². The Balaban J connectivity index is 3.24. The molecular weight excluding hydrogens is 581 g/mol. The van der Waals surface area contributed by atoms with Crippen LogP contribution in [-0.4, -0.2) is 82.8 Å². The zero-order valence-corrected chi connectivity index (χ0v) is 23.4. The molecule has 3 atom stereocenters. The Kier molecular flexibility index (Phi) is 10.8.